The Morgan fingerprint density at radius 3 is 2.63 bits per heavy atom. The number of hydrogen-bond acceptors (Lipinski definition) is 2. The van der Waals surface area contributed by atoms with E-state index < -0.39 is 11.7 Å². The fourth-order valence-electron chi connectivity index (χ4n) is 1.48. The van der Waals surface area contributed by atoms with Gasteiger partial charge in [0.1, 0.15) is 11.6 Å². The van der Waals surface area contributed by atoms with Gasteiger partial charge in [0.25, 0.3) is 5.91 Å². The number of phenolic OH excluding ortho intramolecular Hbond substituents is 1. The monoisotopic (exact) mass is 343 g/mol. The SMILES string of the molecule is O=C(Nc1cc(F)cc(Cl)c1)c1ccc(Br)c(O)c1. The number of aromatic hydroxyl groups is 1. The summed E-state index contributed by atoms with van der Waals surface area (Å²) in [5.74, 6) is -1.06. The first-order valence-electron chi connectivity index (χ1n) is 5.21. The highest BCUT2D eigenvalue weighted by molar-refractivity contribution is 9.10. The Morgan fingerprint density at radius 2 is 2.00 bits per heavy atom. The molecule has 0 heterocycles. The van der Waals surface area contributed by atoms with Crippen LogP contribution in [0.5, 0.6) is 5.75 Å². The maximum absolute atomic E-state index is 13.1. The quantitative estimate of drug-likeness (QED) is 0.858. The molecule has 0 aliphatic rings. The van der Waals surface area contributed by atoms with Crippen molar-refractivity contribution in [1.29, 1.82) is 0 Å². The molecule has 2 rings (SSSR count). The van der Waals surface area contributed by atoms with Crippen molar-refractivity contribution in [2.45, 2.75) is 0 Å². The van der Waals surface area contributed by atoms with Gasteiger partial charge in [0.15, 0.2) is 0 Å². The van der Waals surface area contributed by atoms with Crippen LogP contribution in [-0.4, -0.2) is 11.0 Å². The largest absolute Gasteiger partial charge is 0.507 e. The van der Waals surface area contributed by atoms with Crippen LogP contribution in [-0.2, 0) is 0 Å². The summed E-state index contributed by atoms with van der Waals surface area (Å²) < 4.78 is 13.6. The molecule has 98 valence electrons. The first kappa shape index (κ1) is 13.8. The summed E-state index contributed by atoms with van der Waals surface area (Å²) in [5.41, 5.74) is 0.499. The third-order valence-corrected chi connectivity index (χ3v) is 3.22. The molecule has 1 amide bonds. The van der Waals surface area contributed by atoms with E-state index in [1.54, 1.807) is 6.07 Å². The average Bonchev–Trinajstić information content (AvgIpc) is 2.31. The number of nitrogens with one attached hydrogen (secondary N) is 1. The van der Waals surface area contributed by atoms with Crippen molar-refractivity contribution in [2.75, 3.05) is 5.32 Å². The Hall–Kier alpha value is -1.59. The summed E-state index contributed by atoms with van der Waals surface area (Å²) in [6.45, 7) is 0. The van der Waals surface area contributed by atoms with Crippen LogP contribution in [0.25, 0.3) is 0 Å². The van der Waals surface area contributed by atoms with Crippen LogP contribution in [0.3, 0.4) is 0 Å². The molecule has 19 heavy (non-hydrogen) atoms. The molecule has 0 saturated heterocycles. The highest BCUT2D eigenvalue weighted by atomic mass is 79.9. The van der Waals surface area contributed by atoms with E-state index in [2.05, 4.69) is 21.2 Å². The molecule has 0 radical (unpaired) electrons. The molecule has 0 saturated carbocycles. The van der Waals surface area contributed by atoms with Crippen molar-refractivity contribution in [1.82, 2.24) is 0 Å². The van der Waals surface area contributed by atoms with Gasteiger partial charge in [-0.2, -0.15) is 0 Å². The molecule has 6 heteroatoms. The Labute approximate surface area is 122 Å². The number of carbonyl (C=O) groups is 1. The second kappa shape index (κ2) is 5.59. The van der Waals surface area contributed by atoms with Gasteiger partial charge in [-0.3, -0.25) is 4.79 Å². The smallest absolute Gasteiger partial charge is 0.255 e. The minimum atomic E-state index is -0.540. The van der Waals surface area contributed by atoms with Crippen molar-refractivity contribution in [3.05, 3.63) is 57.3 Å². The van der Waals surface area contributed by atoms with E-state index in [0.717, 1.165) is 12.1 Å². The lowest BCUT2D eigenvalue weighted by Gasteiger charge is -2.07. The number of rotatable bonds is 2. The average molecular weight is 345 g/mol. The Kier molecular flexibility index (Phi) is 4.07. The summed E-state index contributed by atoms with van der Waals surface area (Å²) in [7, 11) is 0. The molecule has 0 aliphatic carbocycles. The summed E-state index contributed by atoms with van der Waals surface area (Å²) in [5, 5.41) is 12.2. The number of benzene rings is 2. The summed E-state index contributed by atoms with van der Waals surface area (Å²) in [4.78, 5) is 11.9. The summed E-state index contributed by atoms with van der Waals surface area (Å²) >= 11 is 8.80. The minimum Gasteiger partial charge on any atom is -0.507 e. The second-order valence-corrected chi connectivity index (χ2v) is 5.07. The van der Waals surface area contributed by atoms with E-state index in [4.69, 9.17) is 11.6 Å². The van der Waals surface area contributed by atoms with Gasteiger partial charge in [0, 0.05) is 16.3 Å². The number of amides is 1. The number of hydrogen-bond donors (Lipinski definition) is 2. The van der Waals surface area contributed by atoms with Gasteiger partial charge in [-0.05, 0) is 52.3 Å². The zero-order valence-electron chi connectivity index (χ0n) is 9.45. The molecule has 2 aromatic carbocycles. The van der Waals surface area contributed by atoms with Crippen LogP contribution in [0.1, 0.15) is 10.4 Å². The van der Waals surface area contributed by atoms with Crippen molar-refractivity contribution >= 4 is 39.1 Å². The van der Waals surface area contributed by atoms with Gasteiger partial charge in [-0.25, -0.2) is 4.39 Å². The first-order valence-corrected chi connectivity index (χ1v) is 6.39. The number of phenols is 1. The van der Waals surface area contributed by atoms with Crippen molar-refractivity contribution in [2.24, 2.45) is 0 Å². The Bertz CT molecular complexity index is 628. The zero-order valence-corrected chi connectivity index (χ0v) is 11.8. The Morgan fingerprint density at radius 1 is 1.26 bits per heavy atom. The van der Waals surface area contributed by atoms with Crippen LogP contribution in [0, 0.1) is 5.82 Å². The van der Waals surface area contributed by atoms with E-state index in [9.17, 15) is 14.3 Å². The third kappa shape index (κ3) is 3.45. The van der Waals surface area contributed by atoms with Crippen molar-refractivity contribution in [3.8, 4) is 5.75 Å². The van der Waals surface area contributed by atoms with E-state index in [1.807, 2.05) is 0 Å². The minimum absolute atomic E-state index is 0.0510. The molecule has 2 aromatic rings. The maximum atomic E-state index is 13.1. The maximum Gasteiger partial charge on any atom is 0.255 e. The fourth-order valence-corrected chi connectivity index (χ4v) is 1.95. The number of carbonyl (C=O) groups excluding carboxylic acids is 1. The van der Waals surface area contributed by atoms with Gasteiger partial charge in [0.05, 0.1) is 4.47 Å². The molecule has 2 N–H and O–H groups in total. The van der Waals surface area contributed by atoms with E-state index in [1.165, 1.54) is 18.2 Å². The predicted molar refractivity (Wildman–Crippen MR) is 75.2 cm³/mol. The third-order valence-electron chi connectivity index (χ3n) is 2.33. The normalized spacial score (nSPS) is 10.3. The van der Waals surface area contributed by atoms with Crippen LogP contribution in [0.2, 0.25) is 5.02 Å². The van der Waals surface area contributed by atoms with Gasteiger partial charge in [-0.15, -0.1) is 0 Å². The standard InChI is InChI=1S/C13H8BrClFNO2/c14-11-2-1-7(3-12(11)18)13(19)17-10-5-8(15)4-9(16)6-10/h1-6,18H,(H,17,19). The topological polar surface area (TPSA) is 49.3 Å². The lowest BCUT2D eigenvalue weighted by atomic mass is 10.2. The van der Waals surface area contributed by atoms with Crippen LogP contribution >= 0.6 is 27.5 Å². The molecule has 0 bridgehead atoms. The molecule has 3 nitrogen and oxygen atoms in total. The summed E-state index contributed by atoms with van der Waals surface area (Å²) in [6.07, 6.45) is 0. The van der Waals surface area contributed by atoms with Gasteiger partial charge in [0.2, 0.25) is 0 Å². The fraction of sp³-hybridized carbons (Fsp3) is 0. The highest BCUT2D eigenvalue weighted by Crippen LogP contribution is 2.25. The predicted octanol–water partition coefficient (Wildman–Crippen LogP) is 4.20. The number of halogens is 3. The van der Waals surface area contributed by atoms with Crippen molar-refractivity contribution in [3.63, 3.8) is 0 Å². The van der Waals surface area contributed by atoms with Crippen molar-refractivity contribution < 1.29 is 14.3 Å². The molecular weight excluding hydrogens is 337 g/mol. The van der Waals surface area contributed by atoms with E-state index in [-0.39, 0.29) is 22.0 Å². The van der Waals surface area contributed by atoms with Gasteiger partial charge < -0.3 is 10.4 Å². The molecular formula is C13H8BrClFNO2. The zero-order chi connectivity index (χ0) is 14.0. The molecule has 0 atom stereocenters. The molecule has 0 fully saturated rings. The van der Waals surface area contributed by atoms with Gasteiger partial charge in [-0.1, -0.05) is 11.6 Å². The number of anilines is 1. The lowest BCUT2D eigenvalue weighted by molar-refractivity contribution is 0.102. The lowest BCUT2D eigenvalue weighted by Crippen LogP contribution is -2.11. The molecule has 0 unspecified atom stereocenters. The Balaban J connectivity index is 2.22. The highest BCUT2D eigenvalue weighted by Gasteiger charge is 2.09. The second-order valence-electron chi connectivity index (χ2n) is 3.78. The molecule has 0 spiro atoms. The van der Waals surface area contributed by atoms with Crippen LogP contribution in [0.4, 0.5) is 10.1 Å². The molecule has 0 aliphatic heterocycles. The summed E-state index contributed by atoms with van der Waals surface area (Å²) in [6, 6.07) is 8.11. The van der Waals surface area contributed by atoms with Crippen LogP contribution in [0.15, 0.2) is 40.9 Å². The van der Waals surface area contributed by atoms with Crippen LogP contribution < -0.4 is 5.32 Å². The first-order chi connectivity index (χ1) is 8.95. The van der Waals surface area contributed by atoms with E-state index >= 15 is 0 Å². The van der Waals surface area contributed by atoms with E-state index in [0.29, 0.717) is 4.47 Å². The van der Waals surface area contributed by atoms with Gasteiger partial charge >= 0.3 is 0 Å². The molecule has 0 aromatic heterocycles.